The highest BCUT2D eigenvalue weighted by Crippen LogP contribution is 2.32. The van der Waals surface area contributed by atoms with Gasteiger partial charge in [0, 0.05) is 6.54 Å². The van der Waals surface area contributed by atoms with E-state index < -0.39 is 0 Å². The van der Waals surface area contributed by atoms with Crippen LogP contribution in [0.5, 0.6) is 0 Å². The van der Waals surface area contributed by atoms with E-state index in [1.54, 1.807) is 6.07 Å². The third kappa shape index (κ3) is 3.49. The van der Waals surface area contributed by atoms with E-state index in [4.69, 9.17) is 23.2 Å². The van der Waals surface area contributed by atoms with Gasteiger partial charge in [0.05, 0.1) is 16.4 Å². The lowest BCUT2D eigenvalue weighted by atomic mass is 9.99. The molecule has 0 N–H and O–H groups in total. The quantitative estimate of drug-likeness (QED) is 0.750. The monoisotopic (exact) mass is 339 g/mol. The van der Waals surface area contributed by atoms with Crippen molar-refractivity contribution in [1.82, 2.24) is 4.90 Å². The number of nitrogens with zero attached hydrogens (tertiary/aromatic N) is 1. The van der Waals surface area contributed by atoms with Gasteiger partial charge < -0.3 is 0 Å². The number of hydrogen-bond acceptors (Lipinski definition) is 3. The van der Waals surface area contributed by atoms with Crippen LogP contribution in [0.15, 0.2) is 36.4 Å². The smallest absolute Gasteiger partial charge is 0.179 e. The molecule has 0 spiro atoms. The molecule has 5 heteroatoms. The number of Topliss-reactive ketones (excluding diaryl/α,β-unsaturated/α-hetero) is 1. The molecule has 1 aliphatic rings. The van der Waals surface area contributed by atoms with Crippen molar-refractivity contribution in [3.8, 4) is 0 Å². The van der Waals surface area contributed by atoms with Gasteiger partial charge in [-0.15, -0.1) is 11.3 Å². The number of thiophene rings is 1. The summed E-state index contributed by atoms with van der Waals surface area (Å²) < 4.78 is 1.05. The van der Waals surface area contributed by atoms with Gasteiger partial charge >= 0.3 is 0 Å². The molecule has 1 fully saturated rings. The van der Waals surface area contributed by atoms with Crippen molar-refractivity contribution in [2.75, 3.05) is 19.6 Å². The number of rotatable bonds is 4. The molecule has 1 aromatic heterocycles. The summed E-state index contributed by atoms with van der Waals surface area (Å²) in [5.41, 5.74) is 1.90. The maximum atomic E-state index is 12.3. The molecule has 2 heterocycles. The van der Waals surface area contributed by atoms with Gasteiger partial charge in [0.25, 0.3) is 0 Å². The van der Waals surface area contributed by atoms with E-state index in [0.717, 1.165) is 19.5 Å². The molecule has 1 unspecified atom stereocenters. The standard InChI is InChI=1S/C16H15Cl2NOS/c17-15-8-13(16(18)21-15)14(20)10-19-7-6-12(9-19)11-4-2-1-3-5-11/h1-5,8,12H,6-7,9-10H2. The first kappa shape index (κ1) is 15.0. The van der Waals surface area contributed by atoms with Crippen LogP contribution in [0, 0.1) is 0 Å². The van der Waals surface area contributed by atoms with Crippen molar-refractivity contribution in [3.63, 3.8) is 0 Å². The van der Waals surface area contributed by atoms with Crippen molar-refractivity contribution in [2.45, 2.75) is 12.3 Å². The summed E-state index contributed by atoms with van der Waals surface area (Å²) in [6.45, 7) is 2.28. The molecular formula is C16H15Cl2NOS. The third-order valence-electron chi connectivity index (χ3n) is 3.87. The molecule has 110 valence electrons. The molecule has 1 aromatic carbocycles. The first-order valence-corrected chi connectivity index (χ1v) is 8.46. The number of carbonyl (C=O) groups excluding carboxylic acids is 1. The van der Waals surface area contributed by atoms with Crippen LogP contribution in [0.2, 0.25) is 8.67 Å². The van der Waals surface area contributed by atoms with Crippen LogP contribution < -0.4 is 0 Å². The minimum Gasteiger partial charge on any atom is -0.295 e. The van der Waals surface area contributed by atoms with Gasteiger partial charge in [-0.2, -0.15) is 0 Å². The van der Waals surface area contributed by atoms with Crippen molar-refractivity contribution >= 4 is 40.3 Å². The molecule has 2 nitrogen and oxygen atoms in total. The van der Waals surface area contributed by atoms with Crippen LogP contribution in [-0.4, -0.2) is 30.3 Å². The average molecular weight is 340 g/mol. The Morgan fingerprint density at radius 2 is 2.05 bits per heavy atom. The Morgan fingerprint density at radius 1 is 1.29 bits per heavy atom. The zero-order valence-corrected chi connectivity index (χ0v) is 13.7. The molecule has 2 aromatic rings. The van der Waals surface area contributed by atoms with Gasteiger partial charge in [-0.3, -0.25) is 9.69 Å². The molecule has 1 atom stereocenters. The lowest BCUT2D eigenvalue weighted by Gasteiger charge is -2.15. The second kappa shape index (κ2) is 6.49. The number of carbonyl (C=O) groups is 1. The van der Waals surface area contributed by atoms with Gasteiger partial charge in [-0.05, 0) is 30.5 Å². The topological polar surface area (TPSA) is 20.3 Å². The minimum atomic E-state index is 0.0526. The molecular weight excluding hydrogens is 325 g/mol. The van der Waals surface area contributed by atoms with E-state index >= 15 is 0 Å². The lowest BCUT2D eigenvalue weighted by Crippen LogP contribution is -2.27. The molecule has 0 radical (unpaired) electrons. The number of benzene rings is 1. The number of halogens is 2. The van der Waals surface area contributed by atoms with Crippen LogP contribution in [0.25, 0.3) is 0 Å². The zero-order valence-electron chi connectivity index (χ0n) is 11.4. The molecule has 1 saturated heterocycles. The first-order chi connectivity index (χ1) is 10.1. The van der Waals surface area contributed by atoms with Gasteiger partial charge in [0.1, 0.15) is 4.34 Å². The van der Waals surface area contributed by atoms with E-state index in [9.17, 15) is 4.79 Å². The third-order valence-corrected chi connectivity index (χ3v) is 5.36. The SMILES string of the molecule is O=C(CN1CCC(c2ccccc2)C1)c1cc(Cl)sc1Cl. The summed E-state index contributed by atoms with van der Waals surface area (Å²) in [4.78, 5) is 14.5. The van der Waals surface area contributed by atoms with Crippen molar-refractivity contribution < 1.29 is 4.79 Å². The Morgan fingerprint density at radius 3 is 2.71 bits per heavy atom. The number of likely N-dealkylation sites (tertiary alicyclic amines) is 1. The van der Waals surface area contributed by atoms with Crippen molar-refractivity contribution in [3.05, 3.63) is 56.2 Å². The molecule has 0 aliphatic carbocycles. The summed E-state index contributed by atoms with van der Waals surface area (Å²) in [6.07, 6.45) is 1.09. The maximum Gasteiger partial charge on any atom is 0.179 e. The number of ketones is 1. The van der Waals surface area contributed by atoms with E-state index in [-0.39, 0.29) is 5.78 Å². The minimum absolute atomic E-state index is 0.0526. The maximum absolute atomic E-state index is 12.3. The fourth-order valence-corrected chi connectivity index (χ4v) is 4.29. The van der Waals surface area contributed by atoms with Crippen molar-refractivity contribution in [1.29, 1.82) is 0 Å². The highest BCUT2D eigenvalue weighted by Gasteiger charge is 2.26. The van der Waals surface area contributed by atoms with Crippen LogP contribution in [0.4, 0.5) is 0 Å². The summed E-state index contributed by atoms with van der Waals surface area (Å²) >= 11 is 13.2. The highest BCUT2D eigenvalue weighted by atomic mass is 35.5. The summed E-state index contributed by atoms with van der Waals surface area (Å²) in [7, 11) is 0. The summed E-state index contributed by atoms with van der Waals surface area (Å²) in [5, 5.41) is 0. The molecule has 3 rings (SSSR count). The highest BCUT2D eigenvalue weighted by molar-refractivity contribution is 7.20. The second-order valence-electron chi connectivity index (χ2n) is 5.29. The van der Waals surface area contributed by atoms with Gasteiger partial charge in [-0.1, -0.05) is 53.5 Å². The zero-order chi connectivity index (χ0) is 14.8. The second-order valence-corrected chi connectivity index (χ2v) is 7.58. The predicted octanol–water partition coefficient (Wildman–Crippen LogP) is 4.73. The van der Waals surface area contributed by atoms with Crippen LogP contribution >= 0.6 is 34.5 Å². The Kier molecular flexibility index (Phi) is 4.65. The van der Waals surface area contributed by atoms with E-state index in [1.165, 1.54) is 16.9 Å². The van der Waals surface area contributed by atoms with Crippen molar-refractivity contribution in [2.24, 2.45) is 0 Å². The van der Waals surface area contributed by atoms with Gasteiger partial charge in [0.15, 0.2) is 5.78 Å². The number of hydrogen-bond donors (Lipinski definition) is 0. The van der Waals surface area contributed by atoms with E-state index in [2.05, 4.69) is 29.2 Å². The lowest BCUT2D eigenvalue weighted by molar-refractivity contribution is 0.0945. The average Bonchev–Trinajstić information content (AvgIpc) is 3.06. The Hall–Kier alpha value is -0.870. The normalized spacial score (nSPS) is 19.0. The first-order valence-electron chi connectivity index (χ1n) is 6.89. The molecule has 21 heavy (non-hydrogen) atoms. The van der Waals surface area contributed by atoms with Gasteiger partial charge in [-0.25, -0.2) is 0 Å². The van der Waals surface area contributed by atoms with Crippen LogP contribution in [0.3, 0.4) is 0 Å². The van der Waals surface area contributed by atoms with E-state index in [0.29, 0.717) is 26.7 Å². The molecule has 0 bridgehead atoms. The van der Waals surface area contributed by atoms with E-state index in [1.807, 2.05) is 6.07 Å². The Bertz CT molecular complexity index is 641. The van der Waals surface area contributed by atoms with Crippen LogP contribution in [0.1, 0.15) is 28.3 Å². The largest absolute Gasteiger partial charge is 0.295 e. The fourth-order valence-electron chi connectivity index (χ4n) is 2.79. The Balaban J connectivity index is 1.62. The fraction of sp³-hybridized carbons (Fsp3) is 0.312. The van der Waals surface area contributed by atoms with Gasteiger partial charge in [0.2, 0.25) is 0 Å². The Labute approximate surface area is 138 Å². The molecule has 0 saturated carbocycles. The molecule has 1 aliphatic heterocycles. The summed E-state index contributed by atoms with van der Waals surface area (Å²) in [6, 6.07) is 12.1. The predicted molar refractivity (Wildman–Crippen MR) is 88.9 cm³/mol. The molecule has 0 amide bonds. The summed E-state index contributed by atoms with van der Waals surface area (Å²) in [5.74, 6) is 0.567. The van der Waals surface area contributed by atoms with Crippen LogP contribution in [-0.2, 0) is 0 Å².